The Labute approximate surface area is 134 Å². The van der Waals surface area contributed by atoms with Crippen LogP contribution in [-0.4, -0.2) is 61.5 Å². The van der Waals surface area contributed by atoms with Gasteiger partial charge in [-0.3, -0.25) is 9.69 Å². The van der Waals surface area contributed by atoms with Crippen molar-refractivity contribution in [1.29, 1.82) is 0 Å². The fraction of sp³-hybridized carbons (Fsp3) is 0.533. The largest absolute Gasteiger partial charge is 0.329 e. The standard InChI is InChI=1S/C15H23BrN4O/c1-11-3-4-14(13(16)7-11)18-15(21)10-20-6-5-19(2)9-12(20)8-17/h3-4,7,12H,5-6,8-10,17H2,1-2H3,(H,18,21). The molecule has 0 saturated carbocycles. The number of amides is 1. The number of hydrogen-bond donors (Lipinski definition) is 2. The number of nitrogens with one attached hydrogen (secondary N) is 1. The predicted octanol–water partition coefficient (Wildman–Crippen LogP) is 1.27. The van der Waals surface area contributed by atoms with Crippen molar-refractivity contribution in [2.24, 2.45) is 5.73 Å². The highest BCUT2D eigenvalue weighted by Gasteiger charge is 2.25. The molecule has 1 amide bonds. The number of piperazine rings is 1. The number of aryl methyl sites for hydroxylation is 1. The Morgan fingerprint density at radius 1 is 1.48 bits per heavy atom. The summed E-state index contributed by atoms with van der Waals surface area (Å²) in [5.74, 6) is 0.00237. The van der Waals surface area contributed by atoms with E-state index in [4.69, 9.17) is 5.73 Å². The maximum absolute atomic E-state index is 12.2. The van der Waals surface area contributed by atoms with Crippen molar-refractivity contribution in [2.45, 2.75) is 13.0 Å². The lowest BCUT2D eigenvalue weighted by Crippen LogP contribution is -2.56. The predicted molar refractivity (Wildman–Crippen MR) is 89.4 cm³/mol. The third-order valence-corrected chi connectivity index (χ3v) is 4.48. The first-order valence-electron chi connectivity index (χ1n) is 7.18. The minimum Gasteiger partial charge on any atom is -0.329 e. The minimum atomic E-state index is 0.00237. The number of rotatable bonds is 4. The molecule has 0 aliphatic carbocycles. The molecule has 1 saturated heterocycles. The first-order valence-corrected chi connectivity index (χ1v) is 7.97. The van der Waals surface area contributed by atoms with Crippen LogP contribution in [0.4, 0.5) is 5.69 Å². The summed E-state index contributed by atoms with van der Waals surface area (Å²) in [6.07, 6.45) is 0. The molecule has 0 aromatic heterocycles. The lowest BCUT2D eigenvalue weighted by atomic mass is 10.1. The summed E-state index contributed by atoms with van der Waals surface area (Å²) in [4.78, 5) is 16.6. The summed E-state index contributed by atoms with van der Waals surface area (Å²) in [6.45, 7) is 5.74. The molecule has 3 N–H and O–H groups in total. The van der Waals surface area contributed by atoms with Crippen LogP contribution in [0.25, 0.3) is 0 Å². The second-order valence-corrected chi connectivity index (χ2v) is 6.51. The third-order valence-electron chi connectivity index (χ3n) is 3.83. The fourth-order valence-electron chi connectivity index (χ4n) is 2.58. The Balaban J connectivity index is 1.94. The topological polar surface area (TPSA) is 61.6 Å². The summed E-state index contributed by atoms with van der Waals surface area (Å²) in [5, 5.41) is 2.96. The zero-order valence-corrected chi connectivity index (χ0v) is 14.2. The molecule has 1 aromatic carbocycles. The van der Waals surface area contributed by atoms with Crippen LogP contribution in [0, 0.1) is 6.92 Å². The van der Waals surface area contributed by atoms with Crippen LogP contribution in [0.2, 0.25) is 0 Å². The van der Waals surface area contributed by atoms with Gasteiger partial charge in [-0.25, -0.2) is 0 Å². The first kappa shape index (κ1) is 16.4. The Morgan fingerprint density at radius 2 is 2.24 bits per heavy atom. The van der Waals surface area contributed by atoms with Gasteiger partial charge in [-0.1, -0.05) is 6.07 Å². The van der Waals surface area contributed by atoms with E-state index in [9.17, 15) is 4.79 Å². The molecule has 1 aromatic rings. The Hall–Kier alpha value is -0.950. The second kappa shape index (κ2) is 7.35. The maximum Gasteiger partial charge on any atom is 0.238 e. The SMILES string of the molecule is Cc1ccc(NC(=O)CN2CCN(C)CC2CN)c(Br)c1. The average Bonchev–Trinajstić information content (AvgIpc) is 2.44. The number of likely N-dealkylation sites (N-methyl/N-ethyl adjacent to an activating group) is 1. The van der Waals surface area contributed by atoms with E-state index in [1.54, 1.807) is 0 Å². The summed E-state index contributed by atoms with van der Waals surface area (Å²) < 4.78 is 0.907. The minimum absolute atomic E-state index is 0.00237. The summed E-state index contributed by atoms with van der Waals surface area (Å²) >= 11 is 3.48. The molecule has 5 nitrogen and oxygen atoms in total. The van der Waals surface area contributed by atoms with E-state index in [2.05, 4.69) is 38.1 Å². The van der Waals surface area contributed by atoms with Crippen LogP contribution in [0.1, 0.15) is 5.56 Å². The average molecular weight is 355 g/mol. The normalized spacial score (nSPS) is 20.5. The maximum atomic E-state index is 12.2. The van der Waals surface area contributed by atoms with Gasteiger partial charge in [-0.15, -0.1) is 0 Å². The first-order chi connectivity index (χ1) is 9.99. The smallest absolute Gasteiger partial charge is 0.238 e. The lowest BCUT2D eigenvalue weighted by molar-refractivity contribution is -0.118. The second-order valence-electron chi connectivity index (χ2n) is 5.65. The number of hydrogen-bond acceptors (Lipinski definition) is 4. The van der Waals surface area contributed by atoms with E-state index in [0.717, 1.165) is 35.4 Å². The van der Waals surface area contributed by atoms with Gasteiger partial charge in [0.15, 0.2) is 0 Å². The van der Waals surface area contributed by atoms with Crippen molar-refractivity contribution in [3.8, 4) is 0 Å². The van der Waals surface area contributed by atoms with Crippen LogP contribution < -0.4 is 11.1 Å². The molecule has 2 rings (SSSR count). The van der Waals surface area contributed by atoms with E-state index in [-0.39, 0.29) is 11.9 Å². The van der Waals surface area contributed by atoms with Crippen molar-refractivity contribution < 1.29 is 4.79 Å². The van der Waals surface area contributed by atoms with Gasteiger partial charge >= 0.3 is 0 Å². The van der Waals surface area contributed by atoms with Crippen molar-refractivity contribution in [2.75, 3.05) is 45.1 Å². The molecule has 1 aliphatic rings. The van der Waals surface area contributed by atoms with E-state index >= 15 is 0 Å². The summed E-state index contributed by atoms with van der Waals surface area (Å²) in [5.41, 5.74) is 7.78. The van der Waals surface area contributed by atoms with Gasteiger partial charge in [0.2, 0.25) is 5.91 Å². The van der Waals surface area contributed by atoms with Crippen LogP contribution in [0.15, 0.2) is 22.7 Å². The van der Waals surface area contributed by atoms with Gasteiger partial charge in [0.1, 0.15) is 0 Å². The number of nitrogens with two attached hydrogens (primary N) is 1. The Kier molecular flexibility index (Phi) is 5.75. The van der Waals surface area contributed by atoms with E-state index < -0.39 is 0 Å². The van der Waals surface area contributed by atoms with Crippen molar-refractivity contribution in [3.05, 3.63) is 28.2 Å². The monoisotopic (exact) mass is 354 g/mol. The quantitative estimate of drug-likeness (QED) is 0.854. The molecule has 1 unspecified atom stereocenters. The van der Waals surface area contributed by atoms with Gasteiger partial charge < -0.3 is 16.0 Å². The molecule has 0 radical (unpaired) electrons. The molecule has 0 bridgehead atoms. The van der Waals surface area contributed by atoms with Crippen LogP contribution in [-0.2, 0) is 4.79 Å². The summed E-state index contributed by atoms with van der Waals surface area (Å²) in [6, 6.07) is 6.14. The molecule has 1 heterocycles. The lowest BCUT2D eigenvalue weighted by Gasteiger charge is -2.39. The van der Waals surface area contributed by atoms with E-state index in [0.29, 0.717) is 13.1 Å². The highest BCUT2D eigenvalue weighted by atomic mass is 79.9. The van der Waals surface area contributed by atoms with Gasteiger partial charge in [0.25, 0.3) is 0 Å². The van der Waals surface area contributed by atoms with Gasteiger partial charge in [-0.05, 0) is 47.6 Å². The van der Waals surface area contributed by atoms with Gasteiger partial charge in [0.05, 0.1) is 12.2 Å². The highest BCUT2D eigenvalue weighted by molar-refractivity contribution is 9.10. The number of anilines is 1. The van der Waals surface area contributed by atoms with Crippen LogP contribution >= 0.6 is 15.9 Å². The number of benzene rings is 1. The molecule has 1 fully saturated rings. The van der Waals surface area contributed by atoms with Crippen molar-refractivity contribution in [3.63, 3.8) is 0 Å². The Morgan fingerprint density at radius 3 is 2.90 bits per heavy atom. The molecular weight excluding hydrogens is 332 g/mol. The van der Waals surface area contributed by atoms with E-state index in [1.165, 1.54) is 0 Å². The molecule has 21 heavy (non-hydrogen) atoms. The Bertz CT molecular complexity index is 508. The molecule has 6 heteroatoms. The van der Waals surface area contributed by atoms with Gasteiger partial charge in [0, 0.05) is 36.7 Å². The highest BCUT2D eigenvalue weighted by Crippen LogP contribution is 2.23. The third kappa shape index (κ3) is 4.51. The molecule has 1 aliphatic heterocycles. The zero-order valence-electron chi connectivity index (χ0n) is 12.6. The number of halogens is 1. The molecule has 116 valence electrons. The number of carbonyl (C=O) groups excluding carboxylic acids is 1. The van der Waals surface area contributed by atoms with Crippen LogP contribution in [0.3, 0.4) is 0 Å². The summed E-state index contributed by atoms with van der Waals surface area (Å²) in [7, 11) is 2.09. The number of carbonyl (C=O) groups is 1. The zero-order chi connectivity index (χ0) is 15.4. The molecule has 1 atom stereocenters. The molecule has 0 spiro atoms. The van der Waals surface area contributed by atoms with E-state index in [1.807, 2.05) is 25.1 Å². The fourth-order valence-corrected chi connectivity index (χ4v) is 3.17. The van der Waals surface area contributed by atoms with Crippen molar-refractivity contribution in [1.82, 2.24) is 9.80 Å². The van der Waals surface area contributed by atoms with Crippen molar-refractivity contribution >= 4 is 27.5 Å². The van der Waals surface area contributed by atoms with Gasteiger partial charge in [-0.2, -0.15) is 0 Å². The number of nitrogens with zero attached hydrogens (tertiary/aromatic N) is 2. The molecular formula is C15H23BrN4O. The van der Waals surface area contributed by atoms with Crippen LogP contribution in [0.5, 0.6) is 0 Å².